The summed E-state index contributed by atoms with van der Waals surface area (Å²) in [4.78, 5) is 0. The van der Waals surface area contributed by atoms with E-state index in [4.69, 9.17) is 28.4 Å². The Morgan fingerprint density at radius 3 is 1.00 bits per heavy atom. The Balaban J connectivity index is 2.97. The third kappa shape index (κ3) is 27.8. The molecule has 0 bridgehead atoms. The Kier molecular flexibility index (Phi) is 28.5. The molecule has 0 N–H and O–H groups in total. The lowest BCUT2D eigenvalue weighted by atomic mass is 10.1. The van der Waals surface area contributed by atoms with E-state index in [0.717, 1.165) is 13.0 Å². The van der Waals surface area contributed by atoms with Crippen LogP contribution in [0.3, 0.4) is 0 Å². The van der Waals surface area contributed by atoms with E-state index in [2.05, 4.69) is 6.92 Å². The predicted molar refractivity (Wildman–Crippen MR) is 122 cm³/mol. The number of methoxy groups -OCH3 is 1. The second kappa shape index (κ2) is 28.8. The molecule has 30 heavy (non-hydrogen) atoms. The third-order valence-corrected chi connectivity index (χ3v) is 4.81. The smallest absolute Gasteiger partial charge is 0.0701 e. The predicted octanol–water partition coefficient (Wildman–Crippen LogP) is 5.03. The Morgan fingerprint density at radius 2 is 0.633 bits per heavy atom. The lowest BCUT2D eigenvalue weighted by molar-refractivity contribution is -0.0148. The quantitative estimate of drug-likeness (QED) is 0.169. The van der Waals surface area contributed by atoms with Gasteiger partial charge in [-0.3, -0.25) is 0 Å². The highest BCUT2D eigenvalue weighted by molar-refractivity contribution is 4.48. The van der Waals surface area contributed by atoms with Crippen molar-refractivity contribution in [1.29, 1.82) is 0 Å². The molecule has 182 valence electrons. The number of hydrogen-bond acceptors (Lipinski definition) is 6. The van der Waals surface area contributed by atoms with E-state index in [1.54, 1.807) is 7.11 Å². The molecule has 0 aromatic heterocycles. The molecule has 0 aromatic rings. The van der Waals surface area contributed by atoms with Crippen LogP contribution < -0.4 is 0 Å². The number of rotatable bonds is 27. The van der Waals surface area contributed by atoms with Crippen molar-refractivity contribution in [3.05, 3.63) is 0 Å². The summed E-state index contributed by atoms with van der Waals surface area (Å²) in [5, 5.41) is 0. The molecule has 6 heteroatoms. The summed E-state index contributed by atoms with van der Waals surface area (Å²) in [5.41, 5.74) is 0. The normalized spacial score (nSPS) is 11.4. The summed E-state index contributed by atoms with van der Waals surface area (Å²) >= 11 is 0. The maximum Gasteiger partial charge on any atom is 0.0701 e. The lowest BCUT2D eigenvalue weighted by Gasteiger charge is -2.08. The van der Waals surface area contributed by atoms with Gasteiger partial charge in [0.05, 0.1) is 66.1 Å². The molecule has 0 fully saturated rings. The van der Waals surface area contributed by atoms with E-state index in [0.29, 0.717) is 66.1 Å². The van der Waals surface area contributed by atoms with Crippen molar-refractivity contribution in [3.8, 4) is 0 Å². The molecular weight excluding hydrogens is 384 g/mol. The van der Waals surface area contributed by atoms with E-state index in [1.807, 2.05) is 0 Å². The molecule has 0 spiro atoms. The SMILES string of the molecule is CCCCCCCCCCCCCOCCOCCOCCOCCOCCOC. The van der Waals surface area contributed by atoms with Gasteiger partial charge in [0.2, 0.25) is 0 Å². The molecule has 0 radical (unpaired) electrons. The Bertz CT molecular complexity index is 263. The van der Waals surface area contributed by atoms with Crippen LogP contribution in [0.4, 0.5) is 0 Å². The minimum absolute atomic E-state index is 0.579. The van der Waals surface area contributed by atoms with Crippen LogP contribution in [-0.2, 0) is 28.4 Å². The number of ether oxygens (including phenoxy) is 6. The van der Waals surface area contributed by atoms with Crippen LogP contribution in [-0.4, -0.2) is 79.8 Å². The van der Waals surface area contributed by atoms with Crippen LogP contribution in [0, 0.1) is 0 Å². The van der Waals surface area contributed by atoms with E-state index in [-0.39, 0.29) is 0 Å². The molecule has 0 aromatic carbocycles. The summed E-state index contributed by atoms with van der Waals surface area (Å²) in [6.07, 6.45) is 15.0. The van der Waals surface area contributed by atoms with Crippen LogP contribution in [0.15, 0.2) is 0 Å². The molecule has 0 amide bonds. The van der Waals surface area contributed by atoms with Crippen molar-refractivity contribution in [3.63, 3.8) is 0 Å². The molecule has 6 nitrogen and oxygen atoms in total. The molecule has 0 aliphatic heterocycles. The minimum Gasteiger partial charge on any atom is -0.382 e. The molecule has 0 rings (SSSR count). The van der Waals surface area contributed by atoms with Gasteiger partial charge in [0.15, 0.2) is 0 Å². The zero-order chi connectivity index (χ0) is 21.8. The minimum atomic E-state index is 0.579. The molecule has 0 aliphatic carbocycles. The summed E-state index contributed by atoms with van der Waals surface area (Å²) in [6, 6.07) is 0. The first-order chi connectivity index (χ1) is 14.9. The molecule has 0 heterocycles. The molecule has 0 atom stereocenters. The molecule has 0 saturated carbocycles. The zero-order valence-electron chi connectivity index (χ0n) is 20.0. The van der Waals surface area contributed by atoms with Gasteiger partial charge in [0.1, 0.15) is 0 Å². The van der Waals surface area contributed by atoms with E-state index in [1.165, 1.54) is 64.2 Å². The Morgan fingerprint density at radius 1 is 0.333 bits per heavy atom. The Labute approximate surface area is 186 Å². The standard InChI is InChI=1S/C24H50O6/c1-3-4-5-6-7-8-9-10-11-12-13-14-26-17-18-28-21-22-30-24-23-29-20-19-27-16-15-25-2/h3-24H2,1-2H3. The second-order valence-electron chi connectivity index (χ2n) is 7.59. The van der Waals surface area contributed by atoms with Crippen LogP contribution in [0.5, 0.6) is 0 Å². The highest BCUT2D eigenvalue weighted by atomic mass is 16.6. The van der Waals surface area contributed by atoms with Crippen molar-refractivity contribution in [2.24, 2.45) is 0 Å². The van der Waals surface area contributed by atoms with Gasteiger partial charge in [0.25, 0.3) is 0 Å². The molecular formula is C24H50O6. The van der Waals surface area contributed by atoms with Crippen molar-refractivity contribution < 1.29 is 28.4 Å². The van der Waals surface area contributed by atoms with Gasteiger partial charge in [0, 0.05) is 13.7 Å². The van der Waals surface area contributed by atoms with Gasteiger partial charge < -0.3 is 28.4 Å². The first-order valence-electron chi connectivity index (χ1n) is 12.3. The van der Waals surface area contributed by atoms with Gasteiger partial charge in [-0.2, -0.15) is 0 Å². The van der Waals surface area contributed by atoms with Crippen LogP contribution in [0.2, 0.25) is 0 Å². The van der Waals surface area contributed by atoms with Gasteiger partial charge in [-0.1, -0.05) is 71.1 Å². The number of hydrogen-bond donors (Lipinski definition) is 0. The van der Waals surface area contributed by atoms with Gasteiger partial charge >= 0.3 is 0 Å². The highest BCUT2D eigenvalue weighted by Crippen LogP contribution is 2.11. The van der Waals surface area contributed by atoms with Crippen molar-refractivity contribution in [2.75, 3.05) is 79.8 Å². The monoisotopic (exact) mass is 434 g/mol. The summed E-state index contributed by atoms with van der Waals surface area (Å²) in [7, 11) is 1.66. The fourth-order valence-corrected chi connectivity index (χ4v) is 2.99. The van der Waals surface area contributed by atoms with Crippen LogP contribution in [0.1, 0.15) is 77.6 Å². The molecule has 0 aliphatic rings. The highest BCUT2D eigenvalue weighted by Gasteiger charge is 1.95. The van der Waals surface area contributed by atoms with Crippen LogP contribution >= 0.6 is 0 Å². The average molecular weight is 435 g/mol. The average Bonchev–Trinajstić information content (AvgIpc) is 2.76. The van der Waals surface area contributed by atoms with Gasteiger partial charge in [-0.15, -0.1) is 0 Å². The topological polar surface area (TPSA) is 55.4 Å². The lowest BCUT2D eigenvalue weighted by Crippen LogP contribution is -2.14. The van der Waals surface area contributed by atoms with Crippen molar-refractivity contribution in [2.45, 2.75) is 77.6 Å². The van der Waals surface area contributed by atoms with Gasteiger partial charge in [-0.05, 0) is 6.42 Å². The van der Waals surface area contributed by atoms with E-state index in [9.17, 15) is 0 Å². The van der Waals surface area contributed by atoms with Crippen molar-refractivity contribution in [1.82, 2.24) is 0 Å². The zero-order valence-corrected chi connectivity index (χ0v) is 20.0. The van der Waals surface area contributed by atoms with Crippen LogP contribution in [0.25, 0.3) is 0 Å². The first-order valence-corrected chi connectivity index (χ1v) is 12.3. The summed E-state index contributed by atoms with van der Waals surface area (Å²) < 4.78 is 32.2. The fourth-order valence-electron chi connectivity index (χ4n) is 2.99. The number of unbranched alkanes of at least 4 members (excludes halogenated alkanes) is 10. The summed E-state index contributed by atoms with van der Waals surface area (Å²) in [6.45, 7) is 9.18. The summed E-state index contributed by atoms with van der Waals surface area (Å²) in [5.74, 6) is 0. The fraction of sp³-hybridized carbons (Fsp3) is 1.00. The maximum absolute atomic E-state index is 5.62. The largest absolute Gasteiger partial charge is 0.382 e. The molecule has 0 saturated heterocycles. The van der Waals surface area contributed by atoms with Crippen molar-refractivity contribution >= 4 is 0 Å². The third-order valence-electron chi connectivity index (χ3n) is 4.81. The van der Waals surface area contributed by atoms with E-state index < -0.39 is 0 Å². The van der Waals surface area contributed by atoms with E-state index >= 15 is 0 Å². The second-order valence-corrected chi connectivity index (χ2v) is 7.59. The van der Waals surface area contributed by atoms with Gasteiger partial charge in [-0.25, -0.2) is 0 Å². The maximum atomic E-state index is 5.62. The first kappa shape index (κ1) is 29.8. The molecule has 0 unspecified atom stereocenters. The Hall–Kier alpha value is -0.240.